The average Bonchev–Trinajstić information content (AvgIpc) is 3.20. The van der Waals surface area contributed by atoms with E-state index in [4.69, 9.17) is 0 Å². The number of hydrogen-bond donors (Lipinski definition) is 1. The van der Waals surface area contributed by atoms with Crippen LogP contribution >= 0.6 is 11.8 Å². The molecule has 4 rings (SSSR count). The van der Waals surface area contributed by atoms with E-state index < -0.39 is 10.0 Å². The Kier molecular flexibility index (Phi) is 6.11. The molecule has 0 atom stereocenters. The number of carbonyl (C=O) groups excluding carboxylic acids is 1. The predicted octanol–water partition coefficient (Wildman–Crippen LogP) is 4.91. The zero-order valence-electron chi connectivity index (χ0n) is 16.3. The van der Waals surface area contributed by atoms with Gasteiger partial charge in [0.25, 0.3) is 10.0 Å². The summed E-state index contributed by atoms with van der Waals surface area (Å²) in [6, 6.07) is 24.0. The third-order valence-corrected chi connectivity index (χ3v) is 7.37. The van der Waals surface area contributed by atoms with Crippen LogP contribution in [-0.4, -0.2) is 20.9 Å². The van der Waals surface area contributed by atoms with Crippen molar-refractivity contribution >= 4 is 39.1 Å². The molecule has 7 heteroatoms. The summed E-state index contributed by atoms with van der Waals surface area (Å²) in [4.78, 5) is 14.9. The topological polar surface area (TPSA) is 66.5 Å². The van der Waals surface area contributed by atoms with E-state index in [2.05, 4.69) is 16.9 Å². The Morgan fingerprint density at radius 3 is 2.23 bits per heavy atom. The van der Waals surface area contributed by atoms with Crippen molar-refractivity contribution in [2.75, 3.05) is 16.2 Å². The first-order valence-corrected chi connectivity index (χ1v) is 12.2. The molecule has 1 heterocycles. The van der Waals surface area contributed by atoms with Gasteiger partial charge in [0.2, 0.25) is 5.91 Å². The summed E-state index contributed by atoms with van der Waals surface area (Å²) in [6.45, 7) is 0.679. The van der Waals surface area contributed by atoms with Crippen LogP contribution in [0.25, 0.3) is 0 Å². The van der Waals surface area contributed by atoms with Crippen LogP contribution in [-0.2, 0) is 20.6 Å². The molecular weight excluding hydrogens is 416 g/mol. The standard InChI is InChI=1S/C23H22N2O3S2/c26-23-7-4-16-25(23)20-12-14-22(15-13-20)30(27,28)24-19-10-8-18(9-11-19)17-29-21-5-2-1-3-6-21/h1-3,5-6,8-15,24H,4,7,16-17H2. The van der Waals surface area contributed by atoms with E-state index >= 15 is 0 Å². The van der Waals surface area contributed by atoms with Gasteiger partial charge in [0.15, 0.2) is 0 Å². The molecule has 3 aromatic carbocycles. The third kappa shape index (κ3) is 4.86. The number of benzene rings is 3. The van der Waals surface area contributed by atoms with Gasteiger partial charge in [-0.15, -0.1) is 11.8 Å². The van der Waals surface area contributed by atoms with Gasteiger partial charge in [-0.1, -0.05) is 30.3 Å². The van der Waals surface area contributed by atoms with Crippen molar-refractivity contribution in [3.63, 3.8) is 0 Å². The molecule has 3 aromatic rings. The Balaban J connectivity index is 1.39. The molecule has 0 radical (unpaired) electrons. The normalized spacial score (nSPS) is 14.1. The van der Waals surface area contributed by atoms with Crippen LogP contribution in [0.3, 0.4) is 0 Å². The predicted molar refractivity (Wildman–Crippen MR) is 121 cm³/mol. The van der Waals surface area contributed by atoms with Crippen molar-refractivity contribution in [3.8, 4) is 0 Å². The fourth-order valence-electron chi connectivity index (χ4n) is 3.29. The highest BCUT2D eigenvalue weighted by Gasteiger charge is 2.22. The van der Waals surface area contributed by atoms with Crippen molar-refractivity contribution < 1.29 is 13.2 Å². The molecule has 0 bridgehead atoms. The summed E-state index contributed by atoms with van der Waals surface area (Å²) in [5, 5.41) is 0. The Hall–Kier alpha value is -2.77. The molecule has 30 heavy (non-hydrogen) atoms. The summed E-state index contributed by atoms with van der Waals surface area (Å²) >= 11 is 1.73. The first-order chi connectivity index (χ1) is 14.5. The summed E-state index contributed by atoms with van der Waals surface area (Å²) in [5.41, 5.74) is 2.37. The smallest absolute Gasteiger partial charge is 0.261 e. The monoisotopic (exact) mass is 438 g/mol. The molecule has 1 amide bonds. The van der Waals surface area contributed by atoms with Crippen LogP contribution in [0.1, 0.15) is 18.4 Å². The fourth-order valence-corrected chi connectivity index (χ4v) is 5.23. The van der Waals surface area contributed by atoms with E-state index in [-0.39, 0.29) is 10.8 Å². The van der Waals surface area contributed by atoms with Gasteiger partial charge in [0.1, 0.15) is 0 Å². The highest BCUT2D eigenvalue weighted by molar-refractivity contribution is 7.98. The minimum Gasteiger partial charge on any atom is -0.312 e. The maximum absolute atomic E-state index is 12.7. The molecule has 1 aliphatic rings. The van der Waals surface area contributed by atoms with E-state index in [1.165, 1.54) is 17.0 Å². The van der Waals surface area contributed by atoms with Crippen LogP contribution < -0.4 is 9.62 Å². The van der Waals surface area contributed by atoms with Crippen molar-refractivity contribution in [2.24, 2.45) is 0 Å². The van der Waals surface area contributed by atoms with Gasteiger partial charge in [-0.25, -0.2) is 8.42 Å². The van der Waals surface area contributed by atoms with Gasteiger partial charge in [0, 0.05) is 35.0 Å². The molecule has 0 aliphatic carbocycles. The molecular formula is C23H22N2O3S2. The number of thioether (sulfide) groups is 1. The lowest BCUT2D eigenvalue weighted by molar-refractivity contribution is -0.117. The lowest BCUT2D eigenvalue weighted by Gasteiger charge is -2.16. The van der Waals surface area contributed by atoms with Crippen LogP contribution in [0.5, 0.6) is 0 Å². The van der Waals surface area contributed by atoms with E-state index in [1.807, 2.05) is 30.3 Å². The van der Waals surface area contributed by atoms with Crippen LogP contribution in [0.2, 0.25) is 0 Å². The maximum Gasteiger partial charge on any atom is 0.261 e. The number of sulfonamides is 1. The van der Waals surface area contributed by atoms with Gasteiger partial charge in [-0.05, 0) is 60.5 Å². The third-order valence-electron chi connectivity index (χ3n) is 4.89. The van der Waals surface area contributed by atoms with E-state index in [1.54, 1.807) is 40.9 Å². The summed E-state index contributed by atoms with van der Waals surface area (Å²) in [7, 11) is -3.69. The minimum atomic E-state index is -3.69. The number of amides is 1. The number of hydrogen-bond acceptors (Lipinski definition) is 4. The van der Waals surface area contributed by atoms with Crippen LogP contribution in [0, 0.1) is 0 Å². The molecule has 5 nitrogen and oxygen atoms in total. The zero-order valence-corrected chi connectivity index (χ0v) is 18.0. The van der Waals surface area contributed by atoms with Gasteiger partial charge in [-0.3, -0.25) is 9.52 Å². The van der Waals surface area contributed by atoms with Crippen LogP contribution in [0.15, 0.2) is 88.7 Å². The maximum atomic E-state index is 12.7. The summed E-state index contributed by atoms with van der Waals surface area (Å²) in [6.07, 6.45) is 1.38. The first kappa shape index (κ1) is 20.5. The Labute approximate surface area is 181 Å². The first-order valence-electron chi connectivity index (χ1n) is 9.71. The highest BCUT2D eigenvalue weighted by Crippen LogP contribution is 2.25. The second-order valence-electron chi connectivity index (χ2n) is 7.05. The van der Waals surface area contributed by atoms with E-state index in [0.29, 0.717) is 18.7 Å². The number of nitrogens with zero attached hydrogens (tertiary/aromatic N) is 1. The minimum absolute atomic E-state index is 0.0780. The summed E-state index contributed by atoms with van der Waals surface area (Å²) < 4.78 is 28.0. The Morgan fingerprint density at radius 1 is 0.900 bits per heavy atom. The fraction of sp³-hybridized carbons (Fsp3) is 0.174. The average molecular weight is 439 g/mol. The molecule has 1 saturated heterocycles. The number of carbonyl (C=O) groups is 1. The molecule has 0 spiro atoms. The molecule has 1 N–H and O–H groups in total. The summed E-state index contributed by atoms with van der Waals surface area (Å²) in [5.74, 6) is 0.891. The molecule has 0 aromatic heterocycles. The van der Waals surface area contributed by atoms with Crippen molar-refractivity contribution in [3.05, 3.63) is 84.4 Å². The van der Waals surface area contributed by atoms with E-state index in [0.717, 1.165) is 23.4 Å². The number of anilines is 2. The second-order valence-corrected chi connectivity index (χ2v) is 9.78. The highest BCUT2D eigenvalue weighted by atomic mass is 32.2. The molecule has 0 saturated carbocycles. The zero-order chi connectivity index (χ0) is 21.0. The van der Waals surface area contributed by atoms with Gasteiger partial charge >= 0.3 is 0 Å². The lowest BCUT2D eigenvalue weighted by atomic mass is 10.2. The van der Waals surface area contributed by atoms with Crippen molar-refractivity contribution in [2.45, 2.75) is 28.4 Å². The molecule has 1 aliphatic heterocycles. The van der Waals surface area contributed by atoms with Gasteiger partial charge in [0.05, 0.1) is 4.90 Å². The van der Waals surface area contributed by atoms with Gasteiger partial charge < -0.3 is 4.90 Å². The molecule has 1 fully saturated rings. The van der Waals surface area contributed by atoms with Crippen molar-refractivity contribution in [1.29, 1.82) is 0 Å². The quantitative estimate of drug-likeness (QED) is 0.533. The van der Waals surface area contributed by atoms with Crippen molar-refractivity contribution in [1.82, 2.24) is 0 Å². The number of nitrogens with one attached hydrogen (secondary N) is 1. The Bertz CT molecular complexity index is 1110. The lowest BCUT2D eigenvalue weighted by Crippen LogP contribution is -2.23. The largest absolute Gasteiger partial charge is 0.312 e. The molecule has 0 unspecified atom stereocenters. The van der Waals surface area contributed by atoms with Gasteiger partial charge in [-0.2, -0.15) is 0 Å². The number of rotatable bonds is 7. The SMILES string of the molecule is O=C1CCCN1c1ccc(S(=O)(=O)Nc2ccc(CSc3ccccc3)cc2)cc1. The Morgan fingerprint density at radius 2 is 1.60 bits per heavy atom. The second kappa shape index (κ2) is 8.93. The van der Waals surface area contributed by atoms with E-state index in [9.17, 15) is 13.2 Å². The molecule has 154 valence electrons. The van der Waals surface area contributed by atoms with Crippen LogP contribution in [0.4, 0.5) is 11.4 Å².